The first-order valence-corrected chi connectivity index (χ1v) is 6.18. The first-order chi connectivity index (χ1) is 8.22. The van der Waals surface area contributed by atoms with Gasteiger partial charge in [0.05, 0.1) is 12.2 Å². The molecular weight excluding hydrogens is 228 g/mol. The first-order valence-electron chi connectivity index (χ1n) is 6.18. The lowest BCUT2D eigenvalue weighted by molar-refractivity contribution is -0.111. The number of hydrogen-bond donors (Lipinski definition) is 2. The van der Waals surface area contributed by atoms with Gasteiger partial charge in [-0.05, 0) is 38.0 Å². The van der Waals surface area contributed by atoms with Crippen molar-refractivity contribution < 1.29 is 15.0 Å². The van der Waals surface area contributed by atoms with Gasteiger partial charge in [-0.2, -0.15) is 0 Å². The van der Waals surface area contributed by atoms with Crippen molar-refractivity contribution in [3.63, 3.8) is 0 Å². The summed E-state index contributed by atoms with van der Waals surface area (Å²) < 4.78 is 0. The highest BCUT2D eigenvalue weighted by atomic mass is 16.3. The SMILES string of the molecule is CC1=C[C@@H](O)C(C)(C)C=CC(=O)C(C)=C[C@@H](O)C1. The molecule has 2 atom stereocenters. The average molecular weight is 250 g/mol. The van der Waals surface area contributed by atoms with E-state index in [9.17, 15) is 15.0 Å². The number of carbonyl (C=O) groups excluding carboxylic acids is 1. The second kappa shape index (κ2) is 5.63. The number of hydrogen-bond acceptors (Lipinski definition) is 3. The van der Waals surface area contributed by atoms with Crippen molar-refractivity contribution in [2.75, 3.05) is 0 Å². The third kappa shape index (κ3) is 3.93. The molecule has 0 saturated heterocycles. The summed E-state index contributed by atoms with van der Waals surface area (Å²) in [5, 5.41) is 19.9. The van der Waals surface area contributed by atoms with Crippen LogP contribution in [0.25, 0.3) is 0 Å². The van der Waals surface area contributed by atoms with E-state index < -0.39 is 17.6 Å². The lowest BCUT2D eigenvalue weighted by Gasteiger charge is -2.25. The molecule has 0 unspecified atom stereocenters. The predicted molar refractivity (Wildman–Crippen MR) is 72.1 cm³/mol. The van der Waals surface area contributed by atoms with Gasteiger partial charge in [-0.25, -0.2) is 0 Å². The Hall–Kier alpha value is -1.19. The summed E-state index contributed by atoms with van der Waals surface area (Å²) in [7, 11) is 0. The third-order valence-corrected chi connectivity index (χ3v) is 3.23. The van der Waals surface area contributed by atoms with Crippen molar-refractivity contribution in [3.8, 4) is 0 Å². The van der Waals surface area contributed by atoms with Gasteiger partial charge in [0.1, 0.15) is 0 Å². The van der Waals surface area contributed by atoms with Crippen molar-refractivity contribution in [1.29, 1.82) is 0 Å². The van der Waals surface area contributed by atoms with Crippen molar-refractivity contribution in [2.45, 2.75) is 46.3 Å². The quantitative estimate of drug-likeness (QED) is 0.648. The highest BCUT2D eigenvalue weighted by Crippen LogP contribution is 2.26. The van der Waals surface area contributed by atoms with E-state index in [0.717, 1.165) is 5.57 Å². The second-order valence-electron chi connectivity index (χ2n) is 5.60. The Balaban J connectivity index is 3.16. The highest BCUT2D eigenvalue weighted by Gasteiger charge is 2.24. The molecule has 0 radical (unpaired) electrons. The number of rotatable bonds is 0. The molecule has 0 amide bonds. The highest BCUT2D eigenvalue weighted by molar-refractivity contribution is 6.03. The molecule has 2 N–H and O–H groups in total. The van der Waals surface area contributed by atoms with E-state index in [1.165, 1.54) is 6.08 Å². The molecule has 0 aromatic carbocycles. The van der Waals surface area contributed by atoms with E-state index in [-0.39, 0.29) is 5.78 Å². The maximum Gasteiger partial charge on any atom is 0.181 e. The molecule has 18 heavy (non-hydrogen) atoms. The Morgan fingerprint density at radius 2 is 1.83 bits per heavy atom. The fourth-order valence-electron chi connectivity index (χ4n) is 1.83. The van der Waals surface area contributed by atoms with Gasteiger partial charge < -0.3 is 10.2 Å². The van der Waals surface area contributed by atoms with Gasteiger partial charge in [0.15, 0.2) is 5.78 Å². The molecule has 1 aliphatic rings. The van der Waals surface area contributed by atoms with Crippen LogP contribution in [0, 0.1) is 5.41 Å². The Labute approximate surface area is 109 Å². The topological polar surface area (TPSA) is 57.5 Å². The van der Waals surface area contributed by atoms with Crippen LogP contribution < -0.4 is 0 Å². The molecule has 1 rings (SSSR count). The minimum atomic E-state index is -0.688. The summed E-state index contributed by atoms with van der Waals surface area (Å²) in [5.41, 5.74) is 0.931. The van der Waals surface area contributed by atoms with Crippen molar-refractivity contribution in [1.82, 2.24) is 0 Å². The zero-order valence-electron chi connectivity index (χ0n) is 11.5. The van der Waals surface area contributed by atoms with Crippen molar-refractivity contribution >= 4 is 5.78 Å². The third-order valence-electron chi connectivity index (χ3n) is 3.23. The molecule has 100 valence electrons. The van der Waals surface area contributed by atoms with Crippen LogP contribution in [-0.4, -0.2) is 28.2 Å². The zero-order valence-corrected chi connectivity index (χ0v) is 11.5. The molecule has 3 nitrogen and oxygen atoms in total. The molecule has 0 spiro atoms. The molecule has 0 bridgehead atoms. The minimum absolute atomic E-state index is 0.131. The van der Waals surface area contributed by atoms with Crippen molar-refractivity contribution in [3.05, 3.63) is 35.5 Å². The summed E-state index contributed by atoms with van der Waals surface area (Å²) >= 11 is 0. The van der Waals surface area contributed by atoms with Gasteiger partial charge in [-0.1, -0.05) is 31.6 Å². The summed E-state index contributed by atoms with van der Waals surface area (Å²) in [6, 6.07) is 0. The van der Waals surface area contributed by atoms with E-state index >= 15 is 0 Å². The van der Waals surface area contributed by atoms with Crippen LogP contribution in [0.2, 0.25) is 0 Å². The Morgan fingerprint density at radius 3 is 2.44 bits per heavy atom. The summed E-state index contributed by atoms with van der Waals surface area (Å²) in [6.45, 7) is 7.31. The van der Waals surface area contributed by atoms with Gasteiger partial charge in [0.25, 0.3) is 0 Å². The molecule has 0 aromatic heterocycles. The molecule has 1 aliphatic carbocycles. The maximum atomic E-state index is 11.8. The van der Waals surface area contributed by atoms with Gasteiger partial charge in [0.2, 0.25) is 0 Å². The lowest BCUT2D eigenvalue weighted by Crippen LogP contribution is -2.25. The van der Waals surface area contributed by atoms with Gasteiger partial charge in [0, 0.05) is 5.41 Å². The van der Waals surface area contributed by atoms with Crippen LogP contribution in [0.4, 0.5) is 0 Å². The normalized spacial score (nSPS) is 29.3. The van der Waals surface area contributed by atoms with Crippen LogP contribution in [0.15, 0.2) is 35.5 Å². The van der Waals surface area contributed by atoms with Crippen LogP contribution in [0.5, 0.6) is 0 Å². The predicted octanol–water partition coefficient (Wildman–Crippen LogP) is 2.16. The maximum absolute atomic E-state index is 11.8. The van der Waals surface area contributed by atoms with Gasteiger partial charge >= 0.3 is 0 Å². The summed E-state index contributed by atoms with van der Waals surface area (Å²) in [5.74, 6) is -0.131. The number of aliphatic hydroxyl groups is 2. The molecule has 0 aliphatic heterocycles. The van der Waals surface area contributed by atoms with Crippen molar-refractivity contribution in [2.24, 2.45) is 5.41 Å². The Kier molecular flexibility index (Phi) is 4.65. The zero-order chi connectivity index (χ0) is 13.9. The Morgan fingerprint density at radius 1 is 1.22 bits per heavy atom. The van der Waals surface area contributed by atoms with Crippen LogP contribution in [0.3, 0.4) is 0 Å². The fraction of sp³-hybridized carbons (Fsp3) is 0.533. The fourth-order valence-corrected chi connectivity index (χ4v) is 1.83. The number of allylic oxidation sites excluding steroid dienone is 2. The van der Waals surface area contributed by atoms with E-state index in [1.807, 2.05) is 20.8 Å². The summed E-state index contributed by atoms with van der Waals surface area (Å²) in [6.07, 6.45) is 5.56. The van der Waals surface area contributed by atoms with Gasteiger partial charge in [-0.3, -0.25) is 4.79 Å². The smallest absolute Gasteiger partial charge is 0.181 e. The molecule has 3 heteroatoms. The minimum Gasteiger partial charge on any atom is -0.389 e. The molecule has 0 aromatic rings. The number of ketones is 1. The van der Waals surface area contributed by atoms with Crippen LogP contribution in [-0.2, 0) is 4.79 Å². The number of carbonyl (C=O) groups is 1. The molecule has 0 saturated carbocycles. The standard InChI is InChI=1S/C15H22O3/c1-10-7-12(16)9-11(2)13(17)5-6-15(3,4)14(18)8-10/h5-6,8-9,12,14,16,18H,7H2,1-4H3/t12-,14+/m0/s1. The van der Waals surface area contributed by atoms with Gasteiger partial charge in [-0.15, -0.1) is 0 Å². The molecule has 0 fully saturated rings. The number of aliphatic hydroxyl groups excluding tert-OH is 2. The van der Waals surface area contributed by atoms with E-state index in [1.54, 1.807) is 25.2 Å². The van der Waals surface area contributed by atoms with E-state index in [0.29, 0.717) is 12.0 Å². The molecular formula is C15H22O3. The van der Waals surface area contributed by atoms with E-state index in [2.05, 4.69) is 0 Å². The monoisotopic (exact) mass is 250 g/mol. The Bertz CT molecular complexity index is 413. The van der Waals surface area contributed by atoms with E-state index in [4.69, 9.17) is 0 Å². The summed E-state index contributed by atoms with van der Waals surface area (Å²) in [4.78, 5) is 11.8. The molecule has 0 heterocycles. The van der Waals surface area contributed by atoms with Crippen LogP contribution in [0.1, 0.15) is 34.1 Å². The van der Waals surface area contributed by atoms with Crippen LogP contribution >= 0.6 is 0 Å². The second-order valence-corrected chi connectivity index (χ2v) is 5.60. The largest absolute Gasteiger partial charge is 0.389 e. The lowest BCUT2D eigenvalue weighted by atomic mass is 9.84. The first kappa shape index (κ1) is 14.9. The average Bonchev–Trinajstić information content (AvgIpc) is 2.24.